The zero-order valence-electron chi connectivity index (χ0n) is 6.92. The summed E-state index contributed by atoms with van der Waals surface area (Å²) in [4.78, 5) is 11.3. The van der Waals surface area contributed by atoms with E-state index in [1.165, 1.54) is 0 Å². The maximum Gasteiger partial charge on any atom is 0.225 e. The van der Waals surface area contributed by atoms with Crippen LogP contribution in [0.1, 0.15) is 19.3 Å². The van der Waals surface area contributed by atoms with E-state index >= 15 is 0 Å². The van der Waals surface area contributed by atoms with Gasteiger partial charge in [0.2, 0.25) is 5.91 Å². The molecule has 0 aliphatic heterocycles. The summed E-state index contributed by atoms with van der Waals surface area (Å²) in [7, 11) is 0. The van der Waals surface area contributed by atoms with Gasteiger partial charge in [0, 0.05) is 6.04 Å². The van der Waals surface area contributed by atoms with Crippen molar-refractivity contribution < 1.29 is 4.79 Å². The zero-order chi connectivity index (χ0) is 8.97. The van der Waals surface area contributed by atoms with Gasteiger partial charge >= 0.3 is 0 Å². The van der Waals surface area contributed by atoms with Crippen molar-refractivity contribution in [1.29, 1.82) is 5.26 Å². The van der Waals surface area contributed by atoms with Crippen molar-refractivity contribution in [2.75, 3.05) is 6.54 Å². The molecule has 1 fully saturated rings. The molecular weight excluding hydrogens is 154 g/mol. The van der Waals surface area contributed by atoms with Gasteiger partial charge in [0.1, 0.15) is 6.54 Å². The Morgan fingerprint density at radius 2 is 2.42 bits per heavy atom. The predicted octanol–water partition coefficient (Wildman–Crippen LogP) is -0.246. The normalized spacial score (nSPS) is 28.0. The molecule has 1 aliphatic carbocycles. The quantitative estimate of drug-likeness (QED) is 0.557. The summed E-state index contributed by atoms with van der Waals surface area (Å²) in [6.45, 7) is 0.0854. The second-order valence-electron chi connectivity index (χ2n) is 3.08. The van der Waals surface area contributed by atoms with Crippen molar-refractivity contribution in [2.45, 2.75) is 25.3 Å². The number of rotatable bonds is 2. The fourth-order valence-electron chi connectivity index (χ4n) is 1.57. The van der Waals surface area contributed by atoms with Gasteiger partial charge in [-0.05, 0) is 12.8 Å². The number of hydrogen-bond acceptors (Lipinski definition) is 3. The minimum Gasteiger partial charge on any atom is -0.343 e. The molecule has 1 aliphatic rings. The van der Waals surface area contributed by atoms with Crippen LogP contribution in [0.25, 0.3) is 0 Å². The van der Waals surface area contributed by atoms with Gasteiger partial charge in [-0.25, -0.2) is 0 Å². The summed E-state index contributed by atoms with van der Waals surface area (Å²) in [6, 6.07) is 1.85. The van der Waals surface area contributed by atoms with Crippen LogP contribution >= 0.6 is 0 Å². The minimum absolute atomic E-state index is 0.0105. The molecule has 0 aromatic heterocycles. The van der Waals surface area contributed by atoms with Crippen molar-refractivity contribution in [2.24, 2.45) is 11.7 Å². The van der Waals surface area contributed by atoms with Crippen LogP contribution in [0.3, 0.4) is 0 Å². The van der Waals surface area contributed by atoms with E-state index < -0.39 is 0 Å². The van der Waals surface area contributed by atoms with Gasteiger partial charge in [-0.1, -0.05) is 6.42 Å². The Balaban J connectivity index is 2.37. The lowest BCUT2D eigenvalue weighted by atomic mass is 10.0. The number of nitrogens with two attached hydrogens (primary N) is 1. The Hall–Kier alpha value is -1.08. The molecule has 0 heterocycles. The van der Waals surface area contributed by atoms with Crippen molar-refractivity contribution in [3.63, 3.8) is 0 Å². The molecule has 0 aromatic carbocycles. The minimum atomic E-state index is -0.0710. The van der Waals surface area contributed by atoms with Gasteiger partial charge in [-0.2, -0.15) is 5.26 Å². The van der Waals surface area contributed by atoms with E-state index in [0.717, 1.165) is 19.3 Å². The van der Waals surface area contributed by atoms with E-state index in [4.69, 9.17) is 11.0 Å². The average molecular weight is 167 g/mol. The number of carbonyl (C=O) groups excluding carboxylic acids is 1. The fourth-order valence-corrected chi connectivity index (χ4v) is 1.57. The Kier molecular flexibility index (Phi) is 3.06. The number of hydrogen-bond donors (Lipinski definition) is 2. The molecule has 4 heteroatoms. The number of nitriles is 1. The Labute approximate surface area is 71.7 Å². The Morgan fingerprint density at radius 3 is 2.92 bits per heavy atom. The summed E-state index contributed by atoms with van der Waals surface area (Å²) < 4.78 is 0. The Bertz CT molecular complexity index is 209. The lowest BCUT2D eigenvalue weighted by Gasteiger charge is -2.13. The van der Waals surface area contributed by atoms with Crippen molar-refractivity contribution in [3.05, 3.63) is 0 Å². The van der Waals surface area contributed by atoms with E-state index in [1.54, 1.807) is 0 Å². The van der Waals surface area contributed by atoms with Crippen LogP contribution < -0.4 is 11.1 Å². The van der Waals surface area contributed by atoms with E-state index in [0.29, 0.717) is 0 Å². The summed E-state index contributed by atoms with van der Waals surface area (Å²) >= 11 is 0. The molecule has 1 saturated carbocycles. The van der Waals surface area contributed by atoms with E-state index in [2.05, 4.69) is 5.32 Å². The summed E-state index contributed by atoms with van der Waals surface area (Å²) in [5.74, 6) is -0.139. The van der Waals surface area contributed by atoms with Crippen molar-refractivity contribution >= 4 is 5.91 Å². The molecule has 66 valence electrons. The zero-order valence-corrected chi connectivity index (χ0v) is 6.92. The van der Waals surface area contributed by atoms with Crippen molar-refractivity contribution in [3.8, 4) is 6.07 Å². The highest BCUT2D eigenvalue weighted by molar-refractivity contribution is 5.79. The number of nitrogens with zero attached hydrogens (tertiary/aromatic N) is 1. The van der Waals surface area contributed by atoms with Crippen LogP contribution in [0.15, 0.2) is 0 Å². The second kappa shape index (κ2) is 4.07. The third-order valence-corrected chi connectivity index (χ3v) is 2.25. The monoisotopic (exact) mass is 167 g/mol. The first-order valence-electron chi connectivity index (χ1n) is 4.16. The molecule has 0 bridgehead atoms. The average Bonchev–Trinajstić information content (AvgIpc) is 2.47. The van der Waals surface area contributed by atoms with E-state index in [1.807, 2.05) is 6.07 Å². The molecule has 1 rings (SSSR count). The van der Waals surface area contributed by atoms with Gasteiger partial charge in [0.05, 0.1) is 12.0 Å². The predicted molar refractivity (Wildman–Crippen MR) is 43.9 cm³/mol. The molecule has 12 heavy (non-hydrogen) atoms. The van der Waals surface area contributed by atoms with E-state index in [9.17, 15) is 4.79 Å². The topological polar surface area (TPSA) is 78.9 Å². The van der Waals surface area contributed by atoms with Crippen LogP contribution in [0.5, 0.6) is 0 Å². The molecule has 0 radical (unpaired) electrons. The molecule has 0 saturated heterocycles. The van der Waals surface area contributed by atoms with Crippen LogP contribution in [-0.2, 0) is 4.79 Å². The molecule has 1 amide bonds. The number of amides is 1. The van der Waals surface area contributed by atoms with Crippen LogP contribution in [0.2, 0.25) is 0 Å². The summed E-state index contributed by atoms with van der Waals surface area (Å²) in [5.41, 5.74) is 5.71. The third-order valence-electron chi connectivity index (χ3n) is 2.25. The molecular formula is C8H13N3O. The van der Waals surface area contributed by atoms with Crippen LogP contribution in [-0.4, -0.2) is 18.5 Å². The largest absolute Gasteiger partial charge is 0.343 e. The fraction of sp³-hybridized carbons (Fsp3) is 0.750. The highest BCUT2D eigenvalue weighted by Gasteiger charge is 2.29. The van der Waals surface area contributed by atoms with Gasteiger partial charge in [0.25, 0.3) is 0 Å². The lowest BCUT2D eigenvalue weighted by Crippen LogP contribution is -2.38. The first-order chi connectivity index (χ1) is 5.75. The molecule has 4 nitrogen and oxygen atoms in total. The highest BCUT2D eigenvalue weighted by atomic mass is 16.1. The summed E-state index contributed by atoms with van der Waals surface area (Å²) in [5, 5.41) is 10.8. The van der Waals surface area contributed by atoms with E-state index in [-0.39, 0.29) is 24.4 Å². The molecule has 2 atom stereocenters. The summed E-state index contributed by atoms with van der Waals surface area (Å²) in [6.07, 6.45) is 2.80. The Morgan fingerprint density at radius 1 is 1.67 bits per heavy atom. The van der Waals surface area contributed by atoms with Crippen molar-refractivity contribution in [1.82, 2.24) is 5.32 Å². The van der Waals surface area contributed by atoms with Crippen LogP contribution in [0, 0.1) is 17.2 Å². The molecule has 0 aromatic rings. The number of nitrogens with one attached hydrogen (secondary N) is 1. The smallest absolute Gasteiger partial charge is 0.225 e. The lowest BCUT2D eigenvalue weighted by molar-refractivity contribution is -0.124. The third kappa shape index (κ3) is 1.95. The maximum atomic E-state index is 11.3. The number of carbonyl (C=O) groups is 1. The van der Waals surface area contributed by atoms with Crippen LogP contribution in [0.4, 0.5) is 0 Å². The molecule has 3 N–H and O–H groups in total. The van der Waals surface area contributed by atoms with Gasteiger partial charge in [-0.3, -0.25) is 4.79 Å². The molecule has 0 spiro atoms. The molecule has 2 unspecified atom stereocenters. The maximum absolute atomic E-state index is 11.3. The first-order valence-corrected chi connectivity index (χ1v) is 4.16. The first kappa shape index (κ1) is 9.01. The highest BCUT2D eigenvalue weighted by Crippen LogP contribution is 2.23. The SMILES string of the molecule is N#CCNC(=O)C1CCCC1N. The van der Waals surface area contributed by atoms with Gasteiger partial charge in [0.15, 0.2) is 0 Å². The second-order valence-corrected chi connectivity index (χ2v) is 3.08. The van der Waals surface area contributed by atoms with Gasteiger partial charge < -0.3 is 11.1 Å². The van der Waals surface area contributed by atoms with Gasteiger partial charge in [-0.15, -0.1) is 0 Å². The standard InChI is InChI=1S/C8H13N3O/c9-4-5-11-8(12)6-2-1-3-7(6)10/h6-7H,1-3,5,10H2,(H,11,12).